The van der Waals surface area contributed by atoms with Crippen molar-refractivity contribution in [3.05, 3.63) is 14.7 Å². The third-order valence-corrected chi connectivity index (χ3v) is 10.4. The van der Waals surface area contributed by atoms with Crippen LogP contribution in [0.25, 0.3) is 0 Å². The van der Waals surface area contributed by atoms with Crippen LogP contribution in [0.3, 0.4) is 0 Å². The van der Waals surface area contributed by atoms with E-state index in [1.165, 1.54) is 114 Å². The lowest BCUT2D eigenvalue weighted by Gasteiger charge is -2.30. The van der Waals surface area contributed by atoms with Gasteiger partial charge in [-0.05, 0) is 49.4 Å². The second-order valence-electron chi connectivity index (χ2n) is 13.3. The zero-order valence-corrected chi connectivity index (χ0v) is 30.3. The SMILES string of the molecule is CCCCC(CC)CN(Cc1nn(CN(CC(CC)CCCC)CC(CC)CCCC)c(=O)s1)CC(CC)CCCC. The van der Waals surface area contributed by atoms with Crippen LogP contribution in [0, 0.1) is 23.7 Å². The van der Waals surface area contributed by atoms with E-state index < -0.39 is 0 Å². The molecule has 1 aromatic heterocycles. The minimum absolute atomic E-state index is 0.120. The lowest BCUT2D eigenvalue weighted by atomic mass is 9.96. The molecule has 1 rings (SSSR count). The summed E-state index contributed by atoms with van der Waals surface area (Å²) >= 11 is 1.39. The zero-order chi connectivity index (χ0) is 31.2. The highest BCUT2D eigenvalue weighted by Gasteiger charge is 2.22. The van der Waals surface area contributed by atoms with Gasteiger partial charge in [0.2, 0.25) is 0 Å². The standard InChI is InChI=1S/C36H72N4OS/c1-9-17-21-31(13-5)25-38(26-32(14-6)22-18-10-2)29-35-37-40(36(41)42-35)30-39(27-33(15-7)23-19-11-3)28-34(16-8)24-20-12-4/h31-34H,9-30H2,1-8H3. The number of aromatic nitrogens is 2. The van der Waals surface area contributed by atoms with E-state index in [1.807, 2.05) is 0 Å². The Labute approximate surface area is 266 Å². The van der Waals surface area contributed by atoms with E-state index >= 15 is 0 Å². The smallest absolute Gasteiger partial charge is 0.296 e. The second kappa shape index (κ2) is 24.6. The van der Waals surface area contributed by atoms with E-state index in [0.717, 1.165) is 49.6 Å². The molecule has 0 bridgehead atoms. The molecule has 1 aromatic rings. The molecule has 0 aliphatic rings. The fourth-order valence-corrected chi connectivity index (χ4v) is 7.20. The molecule has 0 saturated carbocycles. The number of unbranched alkanes of at least 4 members (excludes halogenated alkanes) is 4. The van der Waals surface area contributed by atoms with Crippen molar-refractivity contribution in [1.82, 2.24) is 19.6 Å². The van der Waals surface area contributed by atoms with Gasteiger partial charge >= 0.3 is 4.87 Å². The summed E-state index contributed by atoms with van der Waals surface area (Å²) in [6.07, 6.45) is 20.3. The molecule has 0 saturated heterocycles. The number of hydrogen-bond acceptors (Lipinski definition) is 5. The predicted octanol–water partition coefficient (Wildman–Crippen LogP) is 10.2. The summed E-state index contributed by atoms with van der Waals surface area (Å²) < 4.78 is 1.81. The van der Waals surface area contributed by atoms with Crippen LogP contribution >= 0.6 is 11.3 Å². The zero-order valence-electron chi connectivity index (χ0n) is 29.5. The first-order valence-corrected chi connectivity index (χ1v) is 19.2. The maximum Gasteiger partial charge on any atom is 0.326 e. The van der Waals surface area contributed by atoms with Crippen LogP contribution < -0.4 is 4.87 Å². The van der Waals surface area contributed by atoms with Gasteiger partial charge in [-0.2, -0.15) is 5.10 Å². The van der Waals surface area contributed by atoms with E-state index in [2.05, 4.69) is 65.2 Å². The molecule has 5 nitrogen and oxygen atoms in total. The third-order valence-electron chi connectivity index (χ3n) is 9.58. The van der Waals surface area contributed by atoms with E-state index in [-0.39, 0.29) is 4.87 Å². The number of nitrogens with zero attached hydrogens (tertiary/aromatic N) is 4. The van der Waals surface area contributed by atoms with Crippen LogP contribution in [0.15, 0.2) is 4.79 Å². The van der Waals surface area contributed by atoms with Gasteiger partial charge in [0.25, 0.3) is 0 Å². The average Bonchev–Trinajstić information content (AvgIpc) is 3.34. The van der Waals surface area contributed by atoms with Crippen molar-refractivity contribution in [3.8, 4) is 0 Å². The minimum atomic E-state index is 0.120. The molecule has 0 aliphatic carbocycles. The number of rotatable bonds is 28. The molecule has 0 spiro atoms. The quantitative estimate of drug-likeness (QED) is 0.0949. The molecule has 0 N–H and O–H groups in total. The largest absolute Gasteiger partial charge is 0.326 e. The topological polar surface area (TPSA) is 41.4 Å². The summed E-state index contributed by atoms with van der Waals surface area (Å²) in [5.41, 5.74) is 0. The molecule has 248 valence electrons. The second-order valence-corrected chi connectivity index (χ2v) is 14.3. The van der Waals surface area contributed by atoms with Crippen molar-refractivity contribution in [2.75, 3.05) is 26.2 Å². The van der Waals surface area contributed by atoms with E-state index in [1.54, 1.807) is 4.68 Å². The fraction of sp³-hybridized carbons (Fsp3) is 0.944. The van der Waals surface area contributed by atoms with Gasteiger partial charge in [-0.15, -0.1) is 0 Å². The van der Waals surface area contributed by atoms with Gasteiger partial charge in [0.1, 0.15) is 5.01 Å². The number of hydrogen-bond donors (Lipinski definition) is 0. The lowest BCUT2D eigenvalue weighted by Crippen LogP contribution is -2.38. The minimum Gasteiger partial charge on any atom is -0.296 e. The van der Waals surface area contributed by atoms with E-state index in [9.17, 15) is 4.79 Å². The van der Waals surface area contributed by atoms with Crippen LogP contribution in [-0.2, 0) is 13.2 Å². The first kappa shape index (κ1) is 39.3. The van der Waals surface area contributed by atoms with Gasteiger partial charge in [0.15, 0.2) is 0 Å². The Bertz CT molecular complexity index is 773. The molecule has 6 heteroatoms. The van der Waals surface area contributed by atoms with Crippen LogP contribution in [0.5, 0.6) is 0 Å². The molecule has 0 aliphatic heterocycles. The summed E-state index contributed by atoms with van der Waals surface area (Å²) in [5.74, 6) is 2.85. The Hall–Kier alpha value is -0.720. The molecule has 4 unspecified atom stereocenters. The Morgan fingerprint density at radius 1 is 0.595 bits per heavy atom. The first-order valence-electron chi connectivity index (χ1n) is 18.4. The Morgan fingerprint density at radius 2 is 0.952 bits per heavy atom. The predicted molar refractivity (Wildman–Crippen MR) is 186 cm³/mol. The van der Waals surface area contributed by atoms with Gasteiger partial charge in [-0.3, -0.25) is 14.6 Å². The summed E-state index contributed by atoms with van der Waals surface area (Å²) in [5, 5.41) is 6.02. The Balaban J connectivity index is 3.14. The van der Waals surface area contributed by atoms with Gasteiger partial charge in [-0.25, -0.2) is 4.68 Å². The Kier molecular flexibility index (Phi) is 23.0. The maximum absolute atomic E-state index is 13.3. The van der Waals surface area contributed by atoms with Crippen molar-refractivity contribution in [2.24, 2.45) is 23.7 Å². The summed E-state index contributed by atoms with van der Waals surface area (Å²) in [6.45, 7) is 24.4. The highest BCUT2D eigenvalue weighted by molar-refractivity contribution is 7.08. The summed E-state index contributed by atoms with van der Waals surface area (Å²) in [7, 11) is 0. The molecule has 0 aromatic carbocycles. The van der Waals surface area contributed by atoms with Crippen molar-refractivity contribution in [2.45, 2.75) is 171 Å². The van der Waals surface area contributed by atoms with Gasteiger partial charge in [0, 0.05) is 26.2 Å². The van der Waals surface area contributed by atoms with Gasteiger partial charge in [-0.1, -0.05) is 144 Å². The van der Waals surface area contributed by atoms with Crippen LogP contribution in [0.1, 0.15) is 163 Å². The monoisotopic (exact) mass is 609 g/mol. The third kappa shape index (κ3) is 16.4. The molecule has 0 fully saturated rings. The summed E-state index contributed by atoms with van der Waals surface area (Å²) in [4.78, 5) is 18.7. The summed E-state index contributed by atoms with van der Waals surface area (Å²) in [6, 6.07) is 0. The maximum atomic E-state index is 13.3. The van der Waals surface area contributed by atoms with Crippen molar-refractivity contribution >= 4 is 11.3 Å². The van der Waals surface area contributed by atoms with E-state index in [4.69, 9.17) is 5.10 Å². The van der Waals surface area contributed by atoms with Gasteiger partial charge in [0.05, 0.1) is 13.2 Å². The van der Waals surface area contributed by atoms with Crippen LogP contribution in [0.2, 0.25) is 0 Å². The molecule has 4 atom stereocenters. The van der Waals surface area contributed by atoms with Crippen LogP contribution in [-0.4, -0.2) is 45.8 Å². The highest BCUT2D eigenvalue weighted by Crippen LogP contribution is 2.22. The normalized spacial score (nSPS) is 15.0. The molecule has 1 heterocycles. The van der Waals surface area contributed by atoms with Gasteiger partial charge < -0.3 is 0 Å². The van der Waals surface area contributed by atoms with Crippen molar-refractivity contribution in [1.29, 1.82) is 0 Å². The molecule has 42 heavy (non-hydrogen) atoms. The highest BCUT2D eigenvalue weighted by atomic mass is 32.1. The molecule has 0 amide bonds. The Morgan fingerprint density at radius 3 is 1.29 bits per heavy atom. The molecular weight excluding hydrogens is 536 g/mol. The van der Waals surface area contributed by atoms with Crippen molar-refractivity contribution in [3.63, 3.8) is 0 Å². The first-order chi connectivity index (χ1) is 20.4. The van der Waals surface area contributed by atoms with Crippen molar-refractivity contribution < 1.29 is 0 Å². The molecule has 0 radical (unpaired) electrons. The average molecular weight is 609 g/mol. The fourth-order valence-electron chi connectivity index (χ4n) is 6.41. The molecular formula is C36H72N4OS. The van der Waals surface area contributed by atoms with Crippen LogP contribution in [0.4, 0.5) is 0 Å². The van der Waals surface area contributed by atoms with E-state index in [0.29, 0.717) is 18.5 Å². The lowest BCUT2D eigenvalue weighted by molar-refractivity contribution is 0.135.